The first-order chi connectivity index (χ1) is 8.15. The minimum absolute atomic E-state index is 0.00801. The van der Waals surface area contributed by atoms with Crippen LogP contribution in [0.25, 0.3) is 0 Å². The molecule has 1 fully saturated rings. The zero-order valence-corrected chi connectivity index (χ0v) is 10.2. The molecule has 1 atom stereocenters. The Bertz CT molecular complexity index is 396. The van der Waals surface area contributed by atoms with Gasteiger partial charge in [-0.1, -0.05) is 0 Å². The maximum absolute atomic E-state index is 11.4. The Labute approximate surface area is 99.7 Å². The number of ether oxygens (including phenoxy) is 1. The van der Waals surface area contributed by atoms with Crippen LogP contribution in [0.5, 0.6) is 0 Å². The van der Waals surface area contributed by atoms with Crippen LogP contribution in [0.2, 0.25) is 0 Å². The Balaban J connectivity index is 2.14. The molecule has 2 rings (SSSR count). The fraction of sp³-hybridized carbons (Fsp3) is 0.727. The van der Waals surface area contributed by atoms with Gasteiger partial charge in [-0.2, -0.15) is 4.98 Å². The Kier molecular flexibility index (Phi) is 3.42. The standard InChI is InChI=1S/C11H17N3O3/c1-3-16-9(15)8-13-10(17-14-8)11(2)5-4-6-12-7-11/h12H,3-7H2,1-2H3. The highest BCUT2D eigenvalue weighted by Gasteiger charge is 2.35. The minimum Gasteiger partial charge on any atom is -0.460 e. The van der Waals surface area contributed by atoms with Crippen molar-refractivity contribution in [3.8, 4) is 0 Å². The predicted octanol–water partition coefficient (Wildman–Crippen LogP) is 0.887. The van der Waals surface area contributed by atoms with E-state index in [2.05, 4.69) is 22.4 Å². The maximum atomic E-state index is 11.4. The van der Waals surface area contributed by atoms with Crippen molar-refractivity contribution in [1.82, 2.24) is 15.5 Å². The van der Waals surface area contributed by atoms with Crippen molar-refractivity contribution in [2.75, 3.05) is 19.7 Å². The molecule has 17 heavy (non-hydrogen) atoms. The molecule has 6 heteroatoms. The zero-order valence-electron chi connectivity index (χ0n) is 10.2. The first-order valence-electron chi connectivity index (χ1n) is 5.88. The van der Waals surface area contributed by atoms with E-state index in [9.17, 15) is 4.79 Å². The van der Waals surface area contributed by atoms with Gasteiger partial charge in [0.05, 0.1) is 12.0 Å². The second-order valence-electron chi connectivity index (χ2n) is 4.48. The van der Waals surface area contributed by atoms with Crippen molar-refractivity contribution in [2.24, 2.45) is 0 Å². The minimum atomic E-state index is -0.533. The molecule has 1 saturated heterocycles. The number of rotatable bonds is 3. The predicted molar refractivity (Wildman–Crippen MR) is 59.7 cm³/mol. The second-order valence-corrected chi connectivity index (χ2v) is 4.48. The van der Waals surface area contributed by atoms with Crippen molar-refractivity contribution in [1.29, 1.82) is 0 Å². The van der Waals surface area contributed by atoms with Crippen LogP contribution < -0.4 is 5.32 Å². The highest BCUT2D eigenvalue weighted by molar-refractivity contribution is 5.84. The molecular formula is C11H17N3O3. The first kappa shape index (κ1) is 12.0. The third kappa shape index (κ3) is 2.46. The van der Waals surface area contributed by atoms with E-state index in [1.165, 1.54) is 0 Å². The zero-order chi connectivity index (χ0) is 12.3. The molecule has 1 aromatic rings. The summed E-state index contributed by atoms with van der Waals surface area (Å²) in [6.07, 6.45) is 2.04. The lowest BCUT2D eigenvalue weighted by atomic mass is 9.83. The smallest absolute Gasteiger partial charge is 0.379 e. The van der Waals surface area contributed by atoms with Gasteiger partial charge in [-0.15, -0.1) is 0 Å². The van der Waals surface area contributed by atoms with Crippen molar-refractivity contribution < 1.29 is 14.1 Å². The van der Waals surface area contributed by atoms with E-state index in [4.69, 9.17) is 9.26 Å². The third-order valence-electron chi connectivity index (χ3n) is 3.00. The number of hydrogen-bond acceptors (Lipinski definition) is 6. The molecular weight excluding hydrogens is 222 g/mol. The van der Waals surface area contributed by atoms with E-state index < -0.39 is 5.97 Å². The van der Waals surface area contributed by atoms with E-state index in [-0.39, 0.29) is 11.2 Å². The van der Waals surface area contributed by atoms with Gasteiger partial charge in [-0.3, -0.25) is 0 Å². The summed E-state index contributed by atoms with van der Waals surface area (Å²) in [6.45, 7) is 5.90. The monoisotopic (exact) mass is 239 g/mol. The van der Waals surface area contributed by atoms with Gasteiger partial charge in [0.1, 0.15) is 0 Å². The van der Waals surface area contributed by atoms with Crippen LogP contribution >= 0.6 is 0 Å². The van der Waals surface area contributed by atoms with Gasteiger partial charge in [0.25, 0.3) is 5.82 Å². The lowest BCUT2D eigenvalue weighted by Gasteiger charge is -2.30. The molecule has 0 aliphatic carbocycles. The number of carbonyl (C=O) groups excluding carboxylic acids is 1. The number of nitrogens with one attached hydrogen (secondary N) is 1. The largest absolute Gasteiger partial charge is 0.460 e. The van der Waals surface area contributed by atoms with Crippen molar-refractivity contribution in [3.63, 3.8) is 0 Å². The van der Waals surface area contributed by atoms with E-state index >= 15 is 0 Å². The molecule has 1 aliphatic rings. The molecule has 1 N–H and O–H groups in total. The number of carbonyl (C=O) groups is 1. The Morgan fingerprint density at radius 2 is 2.47 bits per heavy atom. The summed E-state index contributed by atoms with van der Waals surface area (Å²) >= 11 is 0. The number of hydrogen-bond donors (Lipinski definition) is 1. The van der Waals surface area contributed by atoms with Gasteiger partial charge in [0.15, 0.2) is 0 Å². The molecule has 0 spiro atoms. The topological polar surface area (TPSA) is 77.2 Å². The van der Waals surface area contributed by atoms with Crippen LogP contribution in [-0.2, 0) is 10.2 Å². The summed E-state index contributed by atoms with van der Waals surface area (Å²) in [6, 6.07) is 0. The third-order valence-corrected chi connectivity index (χ3v) is 3.00. The lowest BCUT2D eigenvalue weighted by molar-refractivity contribution is 0.0508. The van der Waals surface area contributed by atoms with E-state index in [0.717, 1.165) is 25.9 Å². The fourth-order valence-corrected chi connectivity index (χ4v) is 1.99. The molecule has 0 saturated carbocycles. The number of piperidine rings is 1. The Hall–Kier alpha value is -1.43. The van der Waals surface area contributed by atoms with Crippen LogP contribution in [0.15, 0.2) is 4.52 Å². The fourth-order valence-electron chi connectivity index (χ4n) is 1.99. The van der Waals surface area contributed by atoms with Crippen LogP contribution in [0, 0.1) is 0 Å². The molecule has 0 amide bonds. The number of esters is 1. The molecule has 2 heterocycles. The summed E-state index contributed by atoms with van der Waals surface area (Å²) in [7, 11) is 0. The van der Waals surface area contributed by atoms with Gasteiger partial charge in [0.2, 0.25) is 5.89 Å². The van der Waals surface area contributed by atoms with Gasteiger partial charge in [-0.25, -0.2) is 4.79 Å². The SMILES string of the molecule is CCOC(=O)c1noc(C2(C)CCCNC2)n1. The number of aromatic nitrogens is 2. The summed E-state index contributed by atoms with van der Waals surface area (Å²) in [4.78, 5) is 15.6. The lowest BCUT2D eigenvalue weighted by Crippen LogP contribution is -2.41. The van der Waals surface area contributed by atoms with Crippen molar-refractivity contribution in [3.05, 3.63) is 11.7 Å². The quantitative estimate of drug-likeness (QED) is 0.789. The van der Waals surface area contributed by atoms with Gasteiger partial charge in [-0.05, 0) is 38.4 Å². The highest BCUT2D eigenvalue weighted by Crippen LogP contribution is 2.29. The highest BCUT2D eigenvalue weighted by atomic mass is 16.5. The normalized spacial score (nSPS) is 24.6. The molecule has 94 valence electrons. The average molecular weight is 239 g/mol. The molecule has 1 aliphatic heterocycles. The average Bonchev–Trinajstić information content (AvgIpc) is 2.80. The molecule has 0 aromatic carbocycles. The molecule has 6 nitrogen and oxygen atoms in total. The van der Waals surface area contributed by atoms with Crippen molar-refractivity contribution >= 4 is 5.97 Å². The summed E-state index contributed by atoms with van der Waals surface area (Å²) in [5, 5.41) is 6.96. The molecule has 1 aromatic heterocycles. The van der Waals surface area contributed by atoms with Crippen LogP contribution in [0.3, 0.4) is 0 Å². The molecule has 0 radical (unpaired) electrons. The molecule has 0 bridgehead atoms. The Morgan fingerprint density at radius 3 is 3.12 bits per heavy atom. The van der Waals surface area contributed by atoms with Gasteiger partial charge >= 0.3 is 5.97 Å². The summed E-state index contributed by atoms with van der Waals surface area (Å²) in [5.74, 6) is -0.0173. The maximum Gasteiger partial charge on any atom is 0.379 e. The van der Waals surface area contributed by atoms with Gasteiger partial charge < -0.3 is 14.6 Å². The van der Waals surface area contributed by atoms with Crippen LogP contribution in [0.4, 0.5) is 0 Å². The van der Waals surface area contributed by atoms with Crippen molar-refractivity contribution in [2.45, 2.75) is 32.1 Å². The summed E-state index contributed by atoms with van der Waals surface area (Å²) in [5.41, 5.74) is -0.185. The Morgan fingerprint density at radius 1 is 1.65 bits per heavy atom. The molecule has 1 unspecified atom stereocenters. The van der Waals surface area contributed by atoms with Gasteiger partial charge in [0, 0.05) is 6.54 Å². The van der Waals surface area contributed by atoms with Crippen LogP contribution in [-0.4, -0.2) is 35.8 Å². The van der Waals surface area contributed by atoms with E-state index in [1.807, 2.05) is 0 Å². The number of nitrogens with zero attached hydrogens (tertiary/aromatic N) is 2. The summed E-state index contributed by atoms with van der Waals surface area (Å²) < 4.78 is 9.99. The second kappa shape index (κ2) is 4.83. The van der Waals surface area contributed by atoms with E-state index in [1.54, 1.807) is 6.92 Å². The van der Waals surface area contributed by atoms with Crippen LogP contribution in [0.1, 0.15) is 43.2 Å². The first-order valence-corrected chi connectivity index (χ1v) is 5.88. The van der Waals surface area contributed by atoms with E-state index in [0.29, 0.717) is 12.5 Å².